The zero-order chi connectivity index (χ0) is 19.7. The van der Waals surface area contributed by atoms with Gasteiger partial charge in [-0.1, -0.05) is 29.5 Å². The molecule has 1 aromatic carbocycles. The number of nitrogens with zero attached hydrogens (tertiary/aromatic N) is 4. The Labute approximate surface area is 170 Å². The molecule has 1 fully saturated rings. The van der Waals surface area contributed by atoms with Gasteiger partial charge >= 0.3 is 0 Å². The van der Waals surface area contributed by atoms with Gasteiger partial charge in [0.1, 0.15) is 11.4 Å². The molecule has 3 heterocycles. The summed E-state index contributed by atoms with van der Waals surface area (Å²) in [5.74, 6) is 0.864. The summed E-state index contributed by atoms with van der Waals surface area (Å²) in [7, 11) is 2.13. The summed E-state index contributed by atoms with van der Waals surface area (Å²) < 4.78 is 6.59. The van der Waals surface area contributed by atoms with E-state index in [-0.39, 0.29) is 11.5 Å². The lowest BCUT2D eigenvalue weighted by Crippen LogP contribution is -2.53. The van der Waals surface area contributed by atoms with Crippen LogP contribution in [0, 0.1) is 6.92 Å². The molecule has 0 bridgehead atoms. The van der Waals surface area contributed by atoms with Crippen LogP contribution < -0.4 is 4.74 Å². The number of likely N-dealkylation sites (tertiary alicyclic amines) is 1. The highest BCUT2D eigenvalue weighted by Gasteiger charge is 2.41. The lowest BCUT2D eigenvalue weighted by molar-refractivity contribution is -0.0103. The molecule has 0 atom stereocenters. The van der Waals surface area contributed by atoms with Crippen molar-refractivity contribution in [1.29, 1.82) is 0 Å². The normalized spacial score (nSPS) is 19.0. The van der Waals surface area contributed by atoms with Crippen LogP contribution in [0.3, 0.4) is 0 Å². The van der Waals surface area contributed by atoms with E-state index in [0.29, 0.717) is 23.8 Å². The molecular formula is C21H26N4O2S. The Hall–Kier alpha value is -2.12. The van der Waals surface area contributed by atoms with Crippen molar-refractivity contribution >= 4 is 17.7 Å². The summed E-state index contributed by atoms with van der Waals surface area (Å²) in [6, 6.07) is 6.25. The second-order valence-corrected chi connectivity index (χ2v) is 8.59. The lowest BCUT2D eigenvalue weighted by atomic mass is 9.90. The molecule has 1 spiro atoms. The Kier molecular flexibility index (Phi) is 5.29. The Morgan fingerprint density at radius 3 is 2.61 bits per heavy atom. The Morgan fingerprint density at radius 2 is 1.93 bits per heavy atom. The number of thioether (sulfide) groups is 1. The molecule has 1 amide bonds. The van der Waals surface area contributed by atoms with Crippen molar-refractivity contribution in [3.8, 4) is 5.75 Å². The van der Waals surface area contributed by atoms with Crippen LogP contribution in [0.1, 0.15) is 34.3 Å². The average molecular weight is 399 g/mol. The van der Waals surface area contributed by atoms with Crippen molar-refractivity contribution in [1.82, 2.24) is 19.8 Å². The number of piperidine rings is 1. The molecule has 2 aliphatic rings. The highest BCUT2D eigenvalue weighted by molar-refractivity contribution is 7.98. The van der Waals surface area contributed by atoms with Gasteiger partial charge in [-0.15, -0.1) is 0 Å². The van der Waals surface area contributed by atoms with Gasteiger partial charge in [-0.05, 0) is 26.3 Å². The van der Waals surface area contributed by atoms with E-state index in [1.807, 2.05) is 11.2 Å². The van der Waals surface area contributed by atoms with Crippen LogP contribution in [0.4, 0.5) is 0 Å². The SMILES string of the molecule is CSc1ncc(C(=O)N2Cc3cc(C)ccc3OC3(CCN(C)CC3)C2)cn1. The standard InChI is InChI=1S/C21H26N4O2S/c1-15-4-5-18-16(10-15)13-25(14-21(27-18)6-8-24(2)9-7-21)19(26)17-11-22-20(28-3)23-12-17/h4-5,10-12H,6-9,13-14H2,1-3H3. The van der Waals surface area contributed by atoms with Crippen molar-refractivity contribution in [2.75, 3.05) is 32.9 Å². The van der Waals surface area contributed by atoms with Crippen molar-refractivity contribution in [2.24, 2.45) is 0 Å². The van der Waals surface area contributed by atoms with Crippen LogP contribution in [0.25, 0.3) is 0 Å². The number of carbonyl (C=O) groups is 1. The number of rotatable bonds is 2. The number of carbonyl (C=O) groups excluding carboxylic acids is 1. The summed E-state index contributed by atoms with van der Waals surface area (Å²) >= 11 is 1.47. The van der Waals surface area contributed by atoms with Crippen LogP contribution in [0.2, 0.25) is 0 Å². The Bertz CT molecular complexity index is 863. The molecule has 0 aliphatic carbocycles. The number of hydrogen-bond donors (Lipinski definition) is 0. The van der Waals surface area contributed by atoms with Crippen LogP contribution in [0.5, 0.6) is 5.75 Å². The summed E-state index contributed by atoms with van der Waals surface area (Å²) in [4.78, 5) is 26.1. The fourth-order valence-corrected chi connectivity index (χ4v) is 4.27. The fourth-order valence-electron chi connectivity index (χ4n) is 3.95. The summed E-state index contributed by atoms with van der Waals surface area (Å²) in [5.41, 5.74) is 2.41. The van der Waals surface area contributed by atoms with Gasteiger partial charge < -0.3 is 14.5 Å². The van der Waals surface area contributed by atoms with E-state index in [4.69, 9.17) is 4.74 Å². The maximum absolute atomic E-state index is 13.3. The number of benzene rings is 1. The first-order valence-electron chi connectivity index (χ1n) is 9.60. The maximum atomic E-state index is 13.3. The van der Waals surface area contributed by atoms with Crippen molar-refractivity contribution in [2.45, 2.75) is 37.1 Å². The van der Waals surface area contributed by atoms with Crippen molar-refractivity contribution in [3.05, 3.63) is 47.3 Å². The van der Waals surface area contributed by atoms with E-state index in [0.717, 1.165) is 37.2 Å². The molecule has 2 aliphatic heterocycles. The van der Waals surface area contributed by atoms with Gasteiger partial charge in [-0.25, -0.2) is 9.97 Å². The van der Waals surface area contributed by atoms with Crippen LogP contribution in [-0.4, -0.2) is 64.2 Å². The molecule has 0 unspecified atom stereocenters. The number of aromatic nitrogens is 2. The molecule has 1 saturated heterocycles. The minimum Gasteiger partial charge on any atom is -0.485 e. The van der Waals surface area contributed by atoms with E-state index in [2.05, 4.69) is 47.0 Å². The molecule has 0 saturated carbocycles. The predicted molar refractivity (Wildman–Crippen MR) is 110 cm³/mol. The number of hydrogen-bond acceptors (Lipinski definition) is 6. The predicted octanol–water partition coefficient (Wildman–Crippen LogP) is 3.01. The first-order valence-corrected chi connectivity index (χ1v) is 10.8. The molecule has 1 aromatic heterocycles. The third-order valence-electron chi connectivity index (χ3n) is 5.63. The van der Waals surface area contributed by atoms with E-state index >= 15 is 0 Å². The molecule has 0 radical (unpaired) electrons. The number of amides is 1. The molecule has 28 heavy (non-hydrogen) atoms. The molecule has 7 heteroatoms. The lowest BCUT2D eigenvalue weighted by Gasteiger charge is -2.41. The summed E-state index contributed by atoms with van der Waals surface area (Å²) in [5, 5.41) is 0.670. The first-order chi connectivity index (χ1) is 13.5. The number of fused-ring (bicyclic) bond motifs is 1. The van der Waals surface area contributed by atoms with Gasteiger partial charge in [0.25, 0.3) is 5.91 Å². The third kappa shape index (κ3) is 3.86. The van der Waals surface area contributed by atoms with Gasteiger partial charge in [0.2, 0.25) is 0 Å². The van der Waals surface area contributed by atoms with Gasteiger partial charge in [0, 0.05) is 50.4 Å². The van der Waals surface area contributed by atoms with Gasteiger partial charge in [0.15, 0.2) is 5.16 Å². The maximum Gasteiger partial charge on any atom is 0.257 e. The van der Waals surface area contributed by atoms with Gasteiger partial charge in [0.05, 0.1) is 12.1 Å². The highest BCUT2D eigenvalue weighted by Crippen LogP contribution is 2.36. The Balaban J connectivity index is 1.68. The van der Waals surface area contributed by atoms with E-state index in [1.54, 1.807) is 12.4 Å². The molecule has 6 nitrogen and oxygen atoms in total. The van der Waals surface area contributed by atoms with Crippen LogP contribution in [-0.2, 0) is 6.54 Å². The quantitative estimate of drug-likeness (QED) is 0.573. The van der Waals surface area contributed by atoms with Crippen LogP contribution in [0.15, 0.2) is 35.7 Å². The summed E-state index contributed by atoms with van der Waals surface area (Å²) in [6.07, 6.45) is 6.99. The van der Waals surface area contributed by atoms with Crippen LogP contribution >= 0.6 is 11.8 Å². The largest absolute Gasteiger partial charge is 0.485 e. The van der Waals surface area contributed by atoms with Gasteiger partial charge in [-0.3, -0.25) is 4.79 Å². The second-order valence-electron chi connectivity index (χ2n) is 7.82. The fraction of sp³-hybridized carbons (Fsp3) is 0.476. The zero-order valence-electron chi connectivity index (χ0n) is 16.6. The smallest absolute Gasteiger partial charge is 0.257 e. The highest BCUT2D eigenvalue weighted by atomic mass is 32.2. The molecule has 0 N–H and O–H groups in total. The number of ether oxygens (including phenoxy) is 1. The summed E-state index contributed by atoms with van der Waals surface area (Å²) in [6.45, 7) is 5.12. The number of aryl methyl sites for hydroxylation is 1. The average Bonchev–Trinajstić information content (AvgIpc) is 2.86. The third-order valence-corrected chi connectivity index (χ3v) is 6.20. The first kappa shape index (κ1) is 19.2. The topological polar surface area (TPSA) is 58.6 Å². The molecule has 148 valence electrons. The molecule has 4 rings (SSSR count). The monoisotopic (exact) mass is 398 g/mol. The molecular weight excluding hydrogens is 372 g/mol. The van der Waals surface area contributed by atoms with Gasteiger partial charge in [-0.2, -0.15) is 0 Å². The molecule has 2 aromatic rings. The van der Waals surface area contributed by atoms with E-state index in [9.17, 15) is 4.79 Å². The minimum absolute atomic E-state index is 0.0380. The van der Waals surface area contributed by atoms with E-state index in [1.165, 1.54) is 17.3 Å². The van der Waals surface area contributed by atoms with Crippen molar-refractivity contribution in [3.63, 3.8) is 0 Å². The minimum atomic E-state index is -0.344. The van der Waals surface area contributed by atoms with Crippen molar-refractivity contribution < 1.29 is 9.53 Å². The van der Waals surface area contributed by atoms with E-state index < -0.39 is 0 Å². The second kappa shape index (κ2) is 7.72. The Morgan fingerprint density at radius 1 is 1.21 bits per heavy atom. The zero-order valence-corrected chi connectivity index (χ0v) is 17.5.